The Morgan fingerprint density at radius 1 is 1.41 bits per heavy atom. The third-order valence-corrected chi connectivity index (χ3v) is 4.07. The van der Waals surface area contributed by atoms with Crippen LogP contribution in [0.2, 0.25) is 0 Å². The maximum absolute atomic E-state index is 12.6. The first-order valence-electron chi connectivity index (χ1n) is 7.56. The first kappa shape index (κ1) is 14.7. The highest BCUT2D eigenvalue weighted by Crippen LogP contribution is 2.22. The lowest BCUT2D eigenvalue weighted by Gasteiger charge is -2.30. The van der Waals surface area contributed by atoms with E-state index in [4.69, 9.17) is 4.52 Å². The summed E-state index contributed by atoms with van der Waals surface area (Å²) in [4.78, 5) is 16.8. The molecule has 0 saturated carbocycles. The summed E-state index contributed by atoms with van der Waals surface area (Å²) in [6.45, 7) is 5.73. The molecule has 2 aromatic rings. The predicted molar refractivity (Wildman–Crippen MR) is 82.4 cm³/mol. The summed E-state index contributed by atoms with van der Waals surface area (Å²) >= 11 is 0. The molecule has 0 bridgehead atoms. The Morgan fingerprint density at radius 3 is 2.95 bits per heavy atom. The average Bonchev–Trinajstić information content (AvgIpc) is 2.96. The van der Waals surface area contributed by atoms with Crippen LogP contribution in [0, 0.1) is 12.8 Å². The SMILES string of the molecule is Cc1noc(-c2ccccc2C(=O)NC2CNCCC2C)n1. The van der Waals surface area contributed by atoms with Gasteiger partial charge < -0.3 is 15.2 Å². The van der Waals surface area contributed by atoms with Crippen molar-refractivity contribution in [2.45, 2.75) is 26.3 Å². The van der Waals surface area contributed by atoms with Gasteiger partial charge in [0.25, 0.3) is 11.8 Å². The van der Waals surface area contributed by atoms with E-state index < -0.39 is 0 Å². The zero-order valence-electron chi connectivity index (χ0n) is 12.8. The van der Waals surface area contributed by atoms with Crippen LogP contribution in [0.25, 0.3) is 11.5 Å². The number of rotatable bonds is 3. The van der Waals surface area contributed by atoms with E-state index in [0.717, 1.165) is 19.5 Å². The molecule has 2 atom stereocenters. The van der Waals surface area contributed by atoms with Gasteiger partial charge in [0.1, 0.15) is 0 Å². The van der Waals surface area contributed by atoms with Crippen LogP contribution < -0.4 is 10.6 Å². The second-order valence-corrected chi connectivity index (χ2v) is 5.74. The fourth-order valence-corrected chi connectivity index (χ4v) is 2.70. The van der Waals surface area contributed by atoms with Crippen LogP contribution >= 0.6 is 0 Å². The van der Waals surface area contributed by atoms with E-state index >= 15 is 0 Å². The molecule has 1 aromatic carbocycles. The van der Waals surface area contributed by atoms with Crippen molar-refractivity contribution in [1.29, 1.82) is 0 Å². The van der Waals surface area contributed by atoms with Gasteiger partial charge in [0.15, 0.2) is 5.82 Å². The molecule has 1 fully saturated rings. The van der Waals surface area contributed by atoms with Gasteiger partial charge in [-0.3, -0.25) is 4.79 Å². The Hall–Kier alpha value is -2.21. The van der Waals surface area contributed by atoms with Crippen molar-refractivity contribution in [3.05, 3.63) is 35.7 Å². The number of carbonyl (C=O) groups is 1. The van der Waals surface area contributed by atoms with Crippen LogP contribution in [-0.2, 0) is 0 Å². The van der Waals surface area contributed by atoms with Gasteiger partial charge in [-0.2, -0.15) is 4.98 Å². The van der Waals surface area contributed by atoms with Crippen LogP contribution in [0.1, 0.15) is 29.5 Å². The van der Waals surface area contributed by atoms with Gasteiger partial charge in [-0.25, -0.2) is 0 Å². The summed E-state index contributed by atoms with van der Waals surface area (Å²) in [5, 5.41) is 10.2. The van der Waals surface area contributed by atoms with Gasteiger partial charge in [-0.15, -0.1) is 0 Å². The largest absolute Gasteiger partial charge is 0.348 e. The minimum absolute atomic E-state index is 0.105. The number of piperidine rings is 1. The summed E-state index contributed by atoms with van der Waals surface area (Å²) in [5.41, 5.74) is 1.22. The predicted octanol–water partition coefficient (Wildman–Crippen LogP) is 1.77. The molecule has 0 spiro atoms. The third-order valence-electron chi connectivity index (χ3n) is 4.07. The number of aryl methyl sites for hydroxylation is 1. The van der Waals surface area contributed by atoms with Crippen LogP contribution in [0.5, 0.6) is 0 Å². The maximum atomic E-state index is 12.6. The van der Waals surface area contributed by atoms with Crippen molar-refractivity contribution in [1.82, 2.24) is 20.8 Å². The lowest BCUT2D eigenvalue weighted by atomic mass is 9.94. The molecule has 6 nitrogen and oxygen atoms in total. The zero-order valence-corrected chi connectivity index (χ0v) is 12.8. The number of aromatic nitrogens is 2. The second kappa shape index (κ2) is 6.27. The minimum atomic E-state index is -0.105. The summed E-state index contributed by atoms with van der Waals surface area (Å²) in [5.74, 6) is 1.28. The highest BCUT2D eigenvalue weighted by molar-refractivity contribution is 6.00. The molecule has 1 aromatic heterocycles. The number of nitrogens with zero attached hydrogens (tertiary/aromatic N) is 2. The third kappa shape index (κ3) is 3.01. The molecule has 22 heavy (non-hydrogen) atoms. The van der Waals surface area contributed by atoms with E-state index in [0.29, 0.717) is 28.8 Å². The second-order valence-electron chi connectivity index (χ2n) is 5.74. The average molecular weight is 300 g/mol. The molecule has 1 aliphatic rings. The molecular weight excluding hydrogens is 280 g/mol. The van der Waals surface area contributed by atoms with Crippen molar-refractivity contribution < 1.29 is 9.32 Å². The van der Waals surface area contributed by atoms with E-state index in [9.17, 15) is 4.79 Å². The molecule has 1 amide bonds. The fraction of sp³-hybridized carbons (Fsp3) is 0.438. The summed E-state index contributed by atoms with van der Waals surface area (Å²) in [7, 11) is 0. The quantitative estimate of drug-likeness (QED) is 0.903. The molecule has 2 unspecified atom stereocenters. The van der Waals surface area contributed by atoms with Crippen molar-refractivity contribution in [2.75, 3.05) is 13.1 Å². The normalized spacial score (nSPS) is 21.5. The van der Waals surface area contributed by atoms with Crippen molar-refractivity contribution in [3.63, 3.8) is 0 Å². The van der Waals surface area contributed by atoms with E-state index in [1.165, 1.54) is 0 Å². The smallest absolute Gasteiger partial charge is 0.258 e. The van der Waals surface area contributed by atoms with Gasteiger partial charge in [0.05, 0.1) is 11.1 Å². The maximum Gasteiger partial charge on any atom is 0.258 e. The van der Waals surface area contributed by atoms with E-state index in [1.807, 2.05) is 18.2 Å². The highest BCUT2D eigenvalue weighted by Gasteiger charge is 2.24. The first-order chi connectivity index (χ1) is 10.6. The number of benzene rings is 1. The van der Waals surface area contributed by atoms with Crippen LogP contribution in [-0.4, -0.2) is 35.2 Å². The molecule has 3 rings (SSSR count). The summed E-state index contributed by atoms with van der Waals surface area (Å²) in [6, 6.07) is 7.44. The lowest BCUT2D eigenvalue weighted by molar-refractivity contribution is 0.0915. The van der Waals surface area contributed by atoms with Crippen LogP contribution in [0.4, 0.5) is 0 Å². The van der Waals surface area contributed by atoms with Crippen LogP contribution in [0.15, 0.2) is 28.8 Å². The Bertz CT molecular complexity index is 668. The fourth-order valence-electron chi connectivity index (χ4n) is 2.70. The van der Waals surface area contributed by atoms with E-state index in [-0.39, 0.29) is 11.9 Å². The summed E-state index contributed by atoms with van der Waals surface area (Å²) < 4.78 is 5.20. The van der Waals surface area contributed by atoms with Gasteiger partial charge in [-0.05, 0) is 37.9 Å². The number of carbonyl (C=O) groups excluding carboxylic acids is 1. The topological polar surface area (TPSA) is 80.0 Å². The number of hydrogen-bond donors (Lipinski definition) is 2. The van der Waals surface area contributed by atoms with Crippen molar-refractivity contribution >= 4 is 5.91 Å². The molecule has 0 radical (unpaired) electrons. The highest BCUT2D eigenvalue weighted by atomic mass is 16.5. The standard InChI is InChI=1S/C16H20N4O2/c1-10-7-8-17-9-14(10)19-15(21)12-5-3-4-6-13(12)16-18-11(2)20-22-16/h3-6,10,14,17H,7-9H2,1-2H3,(H,19,21). The van der Waals surface area contributed by atoms with Crippen molar-refractivity contribution in [3.8, 4) is 11.5 Å². The molecule has 1 aliphatic heterocycles. The lowest BCUT2D eigenvalue weighted by Crippen LogP contribution is -2.50. The Labute approximate surface area is 129 Å². The Kier molecular flexibility index (Phi) is 4.20. The molecular formula is C16H20N4O2. The number of amides is 1. The van der Waals surface area contributed by atoms with Crippen LogP contribution in [0.3, 0.4) is 0 Å². The molecule has 2 N–H and O–H groups in total. The van der Waals surface area contributed by atoms with Gasteiger partial charge in [0, 0.05) is 12.6 Å². The molecule has 2 heterocycles. The van der Waals surface area contributed by atoms with Gasteiger partial charge in [-0.1, -0.05) is 24.2 Å². The molecule has 6 heteroatoms. The number of hydrogen-bond acceptors (Lipinski definition) is 5. The van der Waals surface area contributed by atoms with Crippen molar-refractivity contribution in [2.24, 2.45) is 5.92 Å². The minimum Gasteiger partial charge on any atom is -0.348 e. The summed E-state index contributed by atoms with van der Waals surface area (Å²) in [6.07, 6.45) is 1.06. The number of nitrogens with one attached hydrogen (secondary N) is 2. The monoisotopic (exact) mass is 300 g/mol. The molecule has 1 saturated heterocycles. The van der Waals surface area contributed by atoms with Gasteiger partial charge in [0.2, 0.25) is 0 Å². The Balaban J connectivity index is 1.83. The van der Waals surface area contributed by atoms with E-state index in [1.54, 1.807) is 13.0 Å². The zero-order chi connectivity index (χ0) is 15.5. The Morgan fingerprint density at radius 2 is 2.23 bits per heavy atom. The first-order valence-corrected chi connectivity index (χ1v) is 7.56. The van der Waals surface area contributed by atoms with Gasteiger partial charge >= 0.3 is 0 Å². The van der Waals surface area contributed by atoms with E-state index in [2.05, 4.69) is 27.7 Å². The molecule has 116 valence electrons. The molecule has 0 aliphatic carbocycles.